The average molecular weight is 443 g/mol. The van der Waals surface area contributed by atoms with E-state index in [2.05, 4.69) is 20.0 Å². The molecule has 9 heteroatoms. The van der Waals surface area contributed by atoms with Crippen molar-refractivity contribution in [2.75, 3.05) is 13.2 Å². The Balaban J connectivity index is 1.43. The van der Waals surface area contributed by atoms with Crippen LogP contribution in [0.1, 0.15) is 25.7 Å². The molecule has 1 aliphatic carbocycles. The Morgan fingerprint density at radius 2 is 1.84 bits per heavy atom. The van der Waals surface area contributed by atoms with Crippen LogP contribution in [-0.4, -0.2) is 48.6 Å². The van der Waals surface area contributed by atoms with E-state index in [0.29, 0.717) is 37.0 Å². The average Bonchev–Trinajstić information content (AvgIpc) is 3.22. The van der Waals surface area contributed by atoms with E-state index in [4.69, 9.17) is 5.11 Å². The van der Waals surface area contributed by atoms with Gasteiger partial charge in [-0.2, -0.15) is 0 Å². The molecule has 4 rings (SSSR count). The molecule has 1 fully saturated rings. The smallest absolute Gasteiger partial charge is 0.240 e. The van der Waals surface area contributed by atoms with E-state index in [1.54, 1.807) is 18.2 Å². The molecule has 0 unspecified atom stereocenters. The number of rotatable bonds is 7. The zero-order valence-corrected chi connectivity index (χ0v) is 17.9. The van der Waals surface area contributed by atoms with Gasteiger partial charge >= 0.3 is 0 Å². The number of carbonyl (C=O) groups is 1. The van der Waals surface area contributed by atoms with Gasteiger partial charge in [0, 0.05) is 24.1 Å². The van der Waals surface area contributed by atoms with Gasteiger partial charge in [-0.25, -0.2) is 18.1 Å². The number of amides is 1. The van der Waals surface area contributed by atoms with Crippen molar-refractivity contribution in [2.45, 2.75) is 36.6 Å². The van der Waals surface area contributed by atoms with Crippen molar-refractivity contribution in [2.24, 2.45) is 5.92 Å². The van der Waals surface area contributed by atoms with Gasteiger partial charge in [-0.3, -0.25) is 4.79 Å². The van der Waals surface area contributed by atoms with E-state index in [-0.39, 0.29) is 35.9 Å². The summed E-state index contributed by atoms with van der Waals surface area (Å²) < 4.78 is 28.6. The summed E-state index contributed by atoms with van der Waals surface area (Å²) in [4.78, 5) is 20.0. The number of aromatic amines is 1. The number of aliphatic hydroxyl groups excluding tert-OH is 1. The Morgan fingerprint density at radius 3 is 2.55 bits per heavy atom. The Labute approximate surface area is 181 Å². The van der Waals surface area contributed by atoms with Crippen molar-refractivity contribution in [1.29, 1.82) is 0 Å². The van der Waals surface area contributed by atoms with E-state index in [9.17, 15) is 13.2 Å². The number of sulfonamides is 1. The minimum absolute atomic E-state index is 0.0754. The van der Waals surface area contributed by atoms with Crippen LogP contribution in [0, 0.1) is 5.92 Å². The Bertz CT molecular complexity index is 1150. The van der Waals surface area contributed by atoms with Gasteiger partial charge in [0.25, 0.3) is 0 Å². The lowest BCUT2D eigenvalue weighted by molar-refractivity contribution is -0.126. The van der Waals surface area contributed by atoms with Crippen molar-refractivity contribution in [3.63, 3.8) is 0 Å². The van der Waals surface area contributed by atoms with Crippen LogP contribution in [0.4, 0.5) is 0 Å². The van der Waals surface area contributed by atoms with Crippen molar-refractivity contribution in [3.05, 3.63) is 48.5 Å². The summed E-state index contributed by atoms with van der Waals surface area (Å²) in [7, 11) is -3.70. The second-order valence-electron chi connectivity index (χ2n) is 7.81. The van der Waals surface area contributed by atoms with Crippen molar-refractivity contribution >= 4 is 27.0 Å². The molecule has 4 N–H and O–H groups in total. The molecule has 2 aromatic carbocycles. The fourth-order valence-electron chi connectivity index (χ4n) is 3.97. The first-order chi connectivity index (χ1) is 15.0. The van der Waals surface area contributed by atoms with Crippen LogP contribution in [0.3, 0.4) is 0 Å². The van der Waals surface area contributed by atoms with Crippen LogP contribution in [-0.2, 0) is 14.8 Å². The van der Waals surface area contributed by atoms with Gasteiger partial charge in [0.15, 0.2) is 0 Å². The van der Waals surface area contributed by atoms with Gasteiger partial charge in [-0.1, -0.05) is 30.3 Å². The highest BCUT2D eigenvalue weighted by Crippen LogP contribution is 2.27. The maximum Gasteiger partial charge on any atom is 0.240 e. The normalized spacial score (nSPS) is 19.4. The lowest BCUT2D eigenvalue weighted by Gasteiger charge is -2.28. The number of benzene rings is 2. The van der Waals surface area contributed by atoms with Crippen LogP contribution in [0.2, 0.25) is 0 Å². The zero-order valence-electron chi connectivity index (χ0n) is 17.0. The molecule has 0 spiro atoms. The second kappa shape index (κ2) is 9.17. The van der Waals surface area contributed by atoms with Gasteiger partial charge in [0.1, 0.15) is 5.82 Å². The van der Waals surface area contributed by atoms with Crippen LogP contribution in [0.5, 0.6) is 0 Å². The van der Waals surface area contributed by atoms with Gasteiger partial charge < -0.3 is 15.4 Å². The highest BCUT2D eigenvalue weighted by Gasteiger charge is 2.29. The molecule has 1 heterocycles. The highest BCUT2D eigenvalue weighted by molar-refractivity contribution is 7.89. The molecule has 0 saturated heterocycles. The molecule has 3 aromatic rings. The number of aliphatic hydroxyl groups is 1. The second-order valence-corrected chi connectivity index (χ2v) is 9.53. The molecule has 1 saturated carbocycles. The van der Waals surface area contributed by atoms with E-state index in [0.717, 1.165) is 11.1 Å². The van der Waals surface area contributed by atoms with Gasteiger partial charge in [-0.05, 0) is 43.9 Å². The number of hydrogen-bond acceptors (Lipinski definition) is 5. The lowest BCUT2D eigenvalue weighted by Crippen LogP contribution is -2.41. The number of nitrogens with zero attached hydrogens (tertiary/aromatic N) is 1. The zero-order chi connectivity index (χ0) is 21.8. The third kappa shape index (κ3) is 4.95. The number of carbonyl (C=O) groups excluding carboxylic acids is 1. The molecule has 1 aliphatic rings. The number of fused-ring (bicyclic) bond motifs is 1. The molecule has 1 amide bonds. The molecule has 164 valence electrons. The quantitative estimate of drug-likeness (QED) is 0.446. The molecular weight excluding hydrogens is 416 g/mol. The third-order valence-corrected chi connectivity index (χ3v) is 7.16. The van der Waals surface area contributed by atoms with E-state index >= 15 is 0 Å². The van der Waals surface area contributed by atoms with Gasteiger partial charge in [0.2, 0.25) is 15.9 Å². The number of H-pyrrole nitrogens is 1. The first-order valence-electron chi connectivity index (χ1n) is 10.4. The van der Waals surface area contributed by atoms with Gasteiger partial charge in [-0.15, -0.1) is 0 Å². The maximum atomic E-state index is 12.9. The number of nitrogens with one attached hydrogen (secondary N) is 3. The Hall–Kier alpha value is -2.75. The first-order valence-corrected chi connectivity index (χ1v) is 11.9. The third-order valence-electron chi connectivity index (χ3n) is 5.64. The summed E-state index contributed by atoms with van der Waals surface area (Å²) in [6, 6.07) is 14.3. The van der Waals surface area contributed by atoms with Crippen LogP contribution in [0.25, 0.3) is 22.4 Å². The molecule has 0 atom stereocenters. The molecule has 0 aliphatic heterocycles. The number of aromatic nitrogens is 2. The number of imidazole rings is 1. The van der Waals surface area contributed by atoms with E-state index in [1.165, 1.54) is 0 Å². The number of hydrogen-bond donors (Lipinski definition) is 4. The standard InChI is InChI=1S/C22H26N4O4S/c27-13-12-23-22(28)16-6-8-17(9-7-16)26-31(29,30)18-10-11-19-20(14-18)25-21(24-19)15-4-2-1-3-5-15/h1-5,10-11,14,16-17,26-27H,6-9,12-13H2,(H,23,28)(H,24,25). The summed E-state index contributed by atoms with van der Waals surface area (Å²) in [5, 5.41) is 11.5. The van der Waals surface area contributed by atoms with Crippen molar-refractivity contribution in [3.8, 4) is 11.4 Å². The topological polar surface area (TPSA) is 124 Å². The van der Waals surface area contributed by atoms with Crippen LogP contribution in [0.15, 0.2) is 53.4 Å². The molecule has 0 bridgehead atoms. The van der Waals surface area contributed by atoms with Crippen molar-refractivity contribution in [1.82, 2.24) is 20.0 Å². The lowest BCUT2D eigenvalue weighted by atomic mass is 9.86. The first kappa shape index (κ1) is 21.5. The Morgan fingerprint density at radius 1 is 1.10 bits per heavy atom. The minimum atomic E-state index is -3.70. The largest absolute Gasteiger partial charge is 0.395 e. The van der Waals surface area contributed by atoms with Crippen LogP contribution >= 0.6 is 0 Å². The maximum absolute atomic E-state index is 12.9. The summed E-state index contributed by atoms with van der Waals surface area (Å²) in [6.07, 6.45) is 2.42. The van der Waals surface area contributed by atoms with Crippen molar-refractivity contribution < 1.29 is 18.3 Å². The summed E-state index contributed by atoms with van der Waals surface area (Å²) in [6.45, 7) is 0.154. The summed E-state index contributed by atoms with van der Waals surface area (Å²) >= 11 is 0. The molecule has 0 radical (unpaired) electrons. The summed E-state index contributed by atoms with van der Waals surface area (Å²) in [5.41, 5.74) is 2.29. The molecule has 31 heavy (non-hydrogen) atoms. The predicted molar refractivity (Wildman–Crippen MR) is 118 cm³/mol. The summed E-state index contributed by atoms with van der Waals surface area (Å²) in [5.74, 6) is 0.480. The van der Waals surface area contributed by atoms with Crippen LogP contribution < -0.4 is 10.0 Å². The highest BCUT2D eigenvalue weighted by atomic mass is 32.2. The molecule has 8 nitrogen and oxygen atoms in total. The van der Waals surface area contributed by atoms with E-state index < -0.39 is 10.0 Å². The fourth-order valence-corrected chi connectivity index (χ4v) is 5.29. The molecule has 1 aromatic heterocycles. The fraction of sp³-hybridized carbons (Fsp3) is 0.364. The minimum Gasteiger partial charge on any atom is -0.395 e. The SMILES string of the molecule is O=C(NCCO)C1CCC(NS(=O)(=O)c2ccc3[nH]c(-c4ccccc4)nc3c2)CC1. The van der Waals surface area contributed by atoms with E-state index in [1.807, 2.05) is 30.3 Å². The molecular formula is C22H26N4O4S. The predicted octanol–water partition coefficient (Wildman–Crippen LogP) is 2.18. The van der Waals surface area contributed by atoms with Gasteiger partial charge in [0.05, 0.1) is 22.5 Å². The Kier molecular flexibility index (Phi) is 6.35. The monoisotopic (exact) mass is 442 g/mol.